The van der Waals surface area contributed by atoms with Gasteiger partial charge in [-0.2, -0.15) is 0 Å². The minimum atomic E-state index is -3.70. The van der Waals surface area contributed by atoms with Gasteiger partial charge in [-0.25, -0.2) is 13.4 Å². The second kappa shape index (κ2) is 5.07. The molecule has 100 valence electrons. The number of nitrogens with one attached hydrogen (secondary N) is 1. The molecular formula is C12H12ClN3O2S. The van der Waals surface area contributed by atoms with Crippen molar-refractivity contribution in [3.63, 3.8) is 0 Å². The molecule has 0 bridgehead atoms. The van der Waals surface area contributed by atoms with Crippen LogP contribution in [0.5, 0.6) is 0 Å². The summed E-state index contributed by atoms with van der Waals surface area (Å²) in [6, 6.07) is 7.83. The molecule has 0 aliphatic carbocycles. The average molecular weight is 298 g/mol. The second-order valence-corrected chi connectivity index (χ2v) is 6.03. The highest BCUT2D eigenvalue weighted by Gasteiger charge is 2.16. The summed E-state index contributed by atoms with van der Waals surface area (Å²) in [5.41, 5.74) is 6.52. The van der Waals surface area contributed by atoms with Gasteiger partial charge in [-0.3, -0.25) is 4.72 Å². The van der Waals surface area contributed by atoms with E-state index >= 15 is 0 Å². The second-order valence-electron chi connectivity index (χ2n) is 3.94. The van der Waals surface area contributed by atoms with Crippen LogP contribution in [0.2, 0.25) is 5.02 Å². The van der Waals surface area contributed by atoms with E-state index in [4.69, 9.17) is 17.3 Å². The van der Waals surface area contributed by atoms with E-state index in [0.717, 1.165) is 0 Å². The van der Waals surface area contributed by atoms with Gasteiger partial charge in [0.05, 0.1) is 5.69 Å². The van der Waals surface area contributed by atoms with Crippen LogP contribution >= 0.6 is 11.6 Å². The lowest BCUT2D eigenvalue weighted by Gasteiger charge is -2.11. The Labute approximate surface area is 116 Å². The van der Waals surface area contributed by atoms with E-state index in [1.54, 1.807) is 25.1 Å². The largest absolute Gasteiger partial charge is 0.384 e. The van der Waals surface area contributed by atoms with E-state index in [1.165, 1.54) is 18.3 Å². The SMILES string of the molecule is Cc1c(Cl)cccc1NS(=O)(=O)c1ccc(N)nc1. The number of rotatable bonds is 3. The Balaban J connectivity index is 2.36. The Kier molecular flexibility index (Phi) is 3.64. The summed E-state index contributed by atoms with van der Waals surface area (Å²) in [6.07, 6.45) is 1.21. The number of pyridine rings is 1. The van der Waals surface area contributed by atoms with Crippen molar-refractivity contribution in [1.82, 2.24) is 4.98 Å². The molecule has 0 unspecified atom stereocenters. The van der Waals surface area contributed by atoms with Crippen molar-refractivity contribution in [2.24, 2.45) is 0 Å². The Morgan fingerprint density at radius 3 is 2.63 bits per heavy atom. The van der Waals surface area contributed by atoms with Crippen LogP contribution in [0.25, 0.3) is 0 Å². The van der Waals surface area contributed by atoms with Crippen molar-refractivity contribution in [3.8, 4) is 0 Å². The summed E-state index contributed by atoms with van der Waals surface area (Å²) >= 11 is 5.95. The van der Waals surface area contributed by atoms with Crippen LogP contribution in [-0.4, -0.2) is 13.4 Å². The maximum atomic E-state index is 12.1. The smallest absolute Gasteiger partial charge is 0.263 e. The lowest BCUT2D eigenvalue weighted by atomic mass is 10.2. The topological polar surface area (TPSA) is 85.1 Å². The highest BCUT2D eigenvalue weighted by molar-refractivity contribution is 7.92. The van der Waals surface area contributed by atoms with Crippen LogP contribution in [0.15, 0.2) is 41.4 Å². The van der Waals surface area contributed by atoms with E-state index in [0.29, 0.717) is 16.3 Å². The molecule has 7 heteroatoms. The summed E-state index contributed by atoms with van der Waals surface area (Å²) < 4.78 is 26.8. The number of anilines is 2. The maximum absolute atomic E-state index is 12.1. The van der Waals surface area contributed by atoms with Gasteiger partial charge in [0.15, 0.2) is 0 Å². The first-order valence-electron chi connectivity index (χ1n) is 5.39. The Morgan fingerprint density at radius 1 is 1.26 bits per heavy atom. The Bertz CT molecular complexity index is 699. The van der Waals surface area contributed by atoms with Crippen LogP contribution in [0.1, 0.15) is 5.56 Å². The Morgan fingerprint density at radius 2 is 2.00 bits per heavy atom. The standard InChI is InChI=1S/C12H12ClN3O2S/c1-8-10(13)3-2-4-11(8)16-19(17,18)9-5-6-12(14)15-7-9/h2-7,16H,1H3,(H2,14,15). The van der Waals surface area contributed by atoms with Crippen LogP contribution in [0.3, 0.4) is 0 Å². The molecule has 0 amide bonds. The number of hydrogen-bond donors (Lipinski definition) is 2. The molecule has 2 aromatic rings. The van der Waals surface area contributed by atoms with Gasteiger partial charge in [0.1, 0.15) is 10.7 Å². The number of halogens is 1. The minimum Gasteiger partial charge on any atom is -0.384 e. The molecule has 3 N–H and O–H groups in total. The lowest BCUT2D eigenvalue weighted by molar-refractivity contribution is 0.601. The fraction of sp³-hybridized carbons (Fsp3) is 0.0833. The molecule has 0 radical (unpaired) electrons. The van der Waals surface area contributed by atoms with Gasteiger partial charge in [0.25, 0.3) is 10.0 Å². The van der Waals surface area contributed by atoms with E-state index in [9.17, 15) is 8.42 Å². The first-order valence-corrected chi connectivity index (χ1v) is 7.26. The van der Waals surface area contributed by atoms with Crippen LogP contribution in [-0.2, 0) is 10.0 Å². The molecule has 0 atom stereocenters. The van der Waals surface area contributed by atoms with Gasteiger partial charge in [-0.15, -0.1) is 0 Å². The first kappa shape index (κ1) is 13.6. The zero-order chi connectivity index (χ0) is 14.0. The summed E-state index contributed by atoms with van der Waals surface area (Å²) in [5, 5.41) is 0.496. The number of sulfonamides is 1. The summed E-state index contributed by atoms with van der Waals surface area (Å²) in [4.78, 5) is 3.80. The van der Waals surface area contributed by atoms with E-state index in [2.05, 4.69) is 9.71 Å². The number of aromatic nitrogens is 1. The van der Waals surface area contributed by atoms with Crippen LogP contribution < -0.4 is 10.5 Å². The maximum Gasteiger partial charge on any atom is 0.263 e. The molecule has 1 aromatic carbocycles. The summed E-state index contributed by atoms with van der Waals surface area (Å²) in [5.74, 6) is 0.262. The molecule has 0 saturated heterocycles. The van der Waals surface area contributed by atoms with Gasteiger partial charge >= 0.3 is 0 Å². The fourth-order valence-electron chi connectivity index (χ4n) is 1.47. The van der Waals surface area contributed by atoms with Crippen molar-refractivity contribution in [2.45, 2.75) is 11.8 Å². The quantitative estimate of drug-likeness (QED) is 0.911. The normalized spacial score (nSPS) is 11.3. The fourth-order valence-corrected chi connectivity index (χ4v) is 2.71. The van der Waals surface area contributed by atoms with Gasteiger partial charge in [-0.1, -0.05) is 17.7 Å². The van der Waals surface area contributed by atoms with Crippen molar-refractivity contribution in [1.29, 1.82) is 0 Å². The Hall–Kier alpha value is -1.79. The third-order valence-corrected chi connectivity index (χ3v) is 4.34. The average Bonchev–Trinajstić information content (AvgIpc) is 2.35. The predicted octanol–water partition coefficient (Wildman–Crippen LogP) is 2.43. The zero-order valence-corrected chi connectivity index (χ0v) is 11.7. The van der Waals surface area contributed by atoms with Gasteiger partial charge in [0, 0.05) is 11.2 Å². The predicted molar refractivity (Wildman–Crippen MR) is 75.6 cm³/mol. The van der Waals surface area contributed by atoms with Crippen LogP contribution in [0.4, 0.5) is 11.5 Å². The lowest BCUT2D eigenvalue weighted by Crippen LogP contribution is -2.14. The zero-order valence-electron chi connectivity index (χ0n) is 10.1. The van der Waals surface area contributed by atoms with Gasteiger partial charge < -0.3 is 5.73 Å². The van der Waals surface area contributed by atoms with Crippen molar-refractivity contribution in [2.75, 3.05) is 10.5 Å². The molecule has 2 rings (SSSR count). The third-order valence-electron chi connectivity index (χ3n) is 2.58. The molecule has 0 aliphatic heterocycles. The van der Waals surface area contributed by atoms with E-state index < -0.39 is 10.0 Å². The van der Waals surface area contributed by atoms with E-state index in [1.807, 2.05) is 0 Å². The first-order chi connectivity index (χ1) is 8.90. The molecule has 5 nitrogen and oxygen atoms in total. The summed E-state index contributed by atoms with van der Waals surface area (Å²) in [7, 11) is -3.70. The van der Waals surface area contributed by atoms with Crippen molar-refractivity contribution >= 4 is 33.1 Å². The van der Waals surface area contributed by atoms with Gasteiger partial charge in [-0.05, 0) is 36.8 Å². The molecule has 1 aromatic heterocycles. The molecular weight excluding hydrogens is 286 g/mol. The number of nitrogen functional groups attached to an aromatic ring is 1. The number of nitrogens with two attached hydrogens (primary N) is 1. The molecule has 0 fully saturated rings. The molecule has 0 spiro atoms. The van der Waals surface area contributed by atoms with Crippen LogP contribution in [0, 0.1) is 6.92 Å². The molecule has 19 heavy (non-hydrogen) atoms. The summed E-state index contributed by atoms with van der Waals surface area (Å²) in [6.45, 7) is 1.74. The number of hydrogen-bond acceptors (Lipinski definition) is 4. The minimum absolute atomic E-state index is 0.0427. The highest BCUT2D eigenvalue weighted by atomic mass is 35.5. The highest BCUT2D eigenvalue weighted by Crippen LogP contribution is 2.25. The molecule has 0 aliphatic rings. The monoisotopic (exact) mass is 297 g/mol. The third kappa shape index (κ3) is 2.97. The number of nitrogens with zero attached hydrogens (tertiary/aromatic N) is 1. The van der Waals surface area contributed by atoms with Crippen molar-refractivity contribution < 1.29 is 8.42 Å². The molecule has 0 saturated carbocycles. The van der Waals surface area contributed by atoms with Gasteiger partial charge in [0.2, 0.25) is 0 Å². The van der Waals surface area contributed by atoms with Crippen molar-refractivity contribution in [3.05, 3.63) is 47.1 Å². The molecule has 1 heterocycles. The number of benzene rings is 1. The van der Waals surface area contributed by atoms with E-state index in [-0.39, 0.29) is 10.7 Å².